The van der Waals surface area contributed by atoms with Gasteiger partial charge in [-0.05, 0) is 29.7 Å². The average molecular weight is 449 g/mol. The minimum Gasteiger partial charge on any atom is -0.480 e. The van der Waals surface area contributed by atoms with E-state index < -0.39 is 11.6 Å². The molecule has 0 saturated carbocycles. The van der Waals surface area contributed by atoms with Crippen LogP contribution in [0.2, 0.25) is 5.02 Å². The summed E-state index contributed by atoms with van der Waals surface area (Å²) in [5.74, 6) is -0.282. The predicted octanol–water partition coefficient (Wildman–Crippen LogP) is 5.47. The summed E-state index contributed by atoms with van der Waals surface area (Å²) in [7, 11) is 0. The van der Waals surface area contributed by atoms with Crippen molar-refractivity contribution in [2.75, 3.05) is 6.61 Å². The molecular formula is C26H21ClO5. The van der Waals surface area contributed by atoms with Crippen LogP contribution in [0.5, 0.6) is 5.75 Å². The van der Waals surface area contributed by atoms with Crippen LogP contribution in [0, 0.1) is 6.92 Å². The molecular weight excluding hydrogens is 428 g/mol. The molecule has 0 radical (unpaired) electrons. The fourth-order valence-electron chi connectivity index (χ4n) is 3.42. The van der Waals surface area contributed by atoms with Gasteiger partial charge in [-0.25, -0.2) is 9.59 Å². The zero-order valence-corrected chi connectivity index (χ0v) is 18.2. The maximum atomic E-state index is 12.6. The number of aryl methyl sites for hydroxylation is 1. The molecule has 162 valence electrons. The lowest BCUT2D eigenvalue weighted by Gasteiger charge is -2.12. The Bertz CT molecular complexity index is 1300. The van der Waals surface area contributed by atoms with Crippen LogP contribution in [0.3, 0.4) is 0 Å². The van der Waals surface area contributed by atoms with Crippen molar-refractivity contribution in [3.8, 4) is 5.75 Å². The number of hydrogen-bond donors (Lipinski definition) is 0. The predicted molar refractivity (Wildman–Crippen MR) is 123 cm³/mol. The molecule has 0 atom stereocenters. The highest BCUT2D eigenvalue weighted by Gasteiger charge is 2.16. The summed E-state index contributed by atoms with van der Waals surface area (Å²) in [4.78, 5) is 24.7. The molecule has 3 aromatic carbocycles. The summed E-state index contributed by atoms with van der Waals surface area (Å²) < 4.78 is 16.3. The third kappa shape index (κ3) is 5.01. The van der Waals surface area contributed by atoms with Gasteiger partial charge in [0, 0.05) is 23.4 Å². The van der Waals surface area contributed by atoms with Gasteiger partial charge >= 0.3 is 11.6 Å². The van der Waals surface area contributed by atoms with Gasteiger partial charge in [-0.1, -0.05) is 72.3 Å². The molecule has 0 unspecified atom stereocenters. The maximum absolute atomic E-state index is 12.6. The van der Waals surface area contributed by atoms with E-state index in [-0.39, 0.29) is 19.0 Å². The number of benzene rings is 3. The van der Waals surface area contributed by atoms with Crippen LogP contribution in [0.1, 0.15) is 22.3 Å². The highest BCUT2D eigenvalue weighted by Crippen LogP contribution is 2.32. The molecule has 4 aromatic rings. The Balaban J connectivity index is 1.50. The second kappa shape index (κ2) is 9.71. The largest absolute Gasteiger partial charge is 0.480 e. The highest BCUT2D eigenvalue weighted by atomic mass is 35.5. The molecule has 6 heteroatoms. The number of halogens is 1. The normalized spacial score (nSPS) is 10.8. The van der Waals surface area contributed by atoms with Crippen molar-refractivity contribution in [3.63, 3.8) is 0 Å². The van der Waals surface area contributed by atoms with E-state index in [1.807, 2.05) is 67.6 Å². The number of carbonyl (C=O) groups excluding carboxylic acids is 1. The Labute approximate surface area is 190 Å². The van der Waals surface area contributed by atoms with E-state index in [0.717, 1.165) is 22.1 Å². The van der Waals surface area contributed by atoms with Crippen LogP contribution < -0.4 is 10.4 Å². The number of esters is 1. The summed E-state index contributed by atoms with van der Waals surface area (Å²) in [6.07, 6.45) is 0.466. The van der Waals surface area contributed by atoms with Crippen molar-refractivity contribution in [2.45, 2.75) is 20.0 Å². The van der Waals surface area contributed by atoms with Gasteiger partial charge in [0.15, 0.2) is 6.61 Å². The third-order valence-corrected chi connectivity index (χ3v) is 5.45. The molecule has 0 bridgehead atoms. The maximum Gasteiger partial charge on any atom is 0.344 e. The first kappa shape index (κ1) is 21.7. The Morgan fingerprint density at radius 3 is 2.31 bits per heavy atom. The van der Waals surface area contributed by atoms with Gasteiger partial charge in [0.2, 0.25) is 0 Å². The first-order valence-corrected chi connectivity index (χ1v) is 10.5. The Morgan fingerprint density at radius 1 is 0.969 bits per heavy atom. The van der Waals surface area contributed by atoms with Gasteiger partial charge in [0.05, 0.1) is 5.02 Å². The van der Waals surface area contributed by atoms with Crippen molar-refractivity contribution in [1.29, 1.82) is 0 Å². The summed E-state index contributed by atoms with van der Waals surface area (Å²) in [5, 5.41) is 1.04. The molecule has 0 saturated heterocycles. The minimum absolute atomic E-state index is 0.159. The second-order valence-corrected chi connectivity index (χ2v) is 7.78. The second-order valence-electron chi connectivity index (χ2n) is 7.37. The number of carbonyl (C=O) groups is 1. The third-order valence-electron chi connectivity index (χ3n) is 5.15. The molecule has 0 aliphatic carbocycles. The summed E-state index contributed by atoms with van der Waals surface area (Å²) in [6, 6.07) is 22.3. The zero-order valence-electron chi connectivity index (χ0n) is 17.5. The summed E-state index contributed by atoms with van der Waals surface area (Å²) in [5.41, 5.74) is 3.22. The van der Waals surface area contributed by atoms with Crippen molar-refractivity contribution < 1.29 is 18.7 Å². The lowest BCUT2D eigenvalue weighted by Crippen LogP contribution is -2.15. The fourth-order valence-corrected chi connectivity index (χ4v) is 3.64. The molecule has 0 aliphatic heterocycles. The Morgan fingerprint density at radius 2 is 1.62 bits per heavy atom. The van der Waals surface area contributed by atoms with Crippen LogP contribution in [-0.2, 0) is 22.6 Å². The van der Waals surface area contributed by atoms with Gasteiger partial charge in [-0.2, -0.15) is 0 Å². The molecule has 0 fully saturated rings. The van der Waals surface area contributed by atoms with Crippen molar-refractivity contribution in [1.82, 2.24) is 0 Å². The van der Waals surface area contributed by atoms with Crippen molar-refractivity contribution >= 4 is 28.5 Å². The van der Waals surface area contributed by atoms with Gasteiger partial charge in [-0.3, -0.25) is 0 Å². The molecule has 1 aromatic heterocycles. The molecule has 0 spiro atoms. The lowest BCUT2D eigenvalue weighted by molar-refractivity contribution is -0.147. The van der Waals surface area contributed by atoms with E-state index in [4.69, 9.17) is 25.5 Å². The molecule has 1 heterocycles. The Kier molecular flexibility index (Phi) is 6.57. The number of fused-ring (bicyclic) bond motifs is 1. The lowest BCUT2D eigenvalue weighted by atomic mass is 9.99. The highest BCUT2D eigenvalue weighted by molar-refractivity contribution is 6.32. The van der Waals surface area contributed by atoms with Crippen molar-refractivity contribution in [2.24, 2.45) is 0 Å². The van der Waals surface area contributed by atoms with Gasteiger partial charge in [0.25, 0.3) is 0 Å². The topological polar surface area (TPSA) is 65.7 Å². The van der Waals surface area contributed by atoms with Gasteiger partial charge in [0.1, 0.15) is 17.9 Å². The van der Waals surface area contributed by atoms with Crippen LogP contribution >= 0.6 is 11.6 Å². The van der Waals surface area contributed by atoms with Gasteiger partial charge < -0.3 is 13.9 Å². The number of hydrogen-bond acceptors (Lipinski definition) is 5. The van der Waals surface area contributed by atoms with Crippen LogP contribution in [0.15, 0.2) is 82.0 Å². The smallest absolute Gasteiger partial charge is 0.344 e. The first-order chi connectivity index (χ1) is 15.5. The standard InChI is InChI=1S/C26H21ClO5/c1-17-20-13-22(27)24(30-16-25(28)31-15-19-10-6-3-7-11-19)14-23(20)32-26(29)21(17)12-18-8-4-2-5-9-18/h2-11,13-14H,12,15-16H2,1H3. The molecule has 0 amide bonds. The number of rotatable bonds is 7. The van der Waals surface area contributed by atoms with E-state index in [1.165, 1.54) is 6.07 Å². The van der Waals surface area contributed by atoms with Gasteiger partial charge in [-0.15, -0.1) is 0 Å². The van der Waals surface area contributed by atoms with Crippen LogP contribution in [-0.4, -0.2) is 12.6 Å². The Hall–Kier alpha value is -3.57. The van der Waals surface area contributed by atoms with Crippen molar-refractivity contribution in [3.05, 3.63) is 110 Å². The van der Waals surface area contributed by atoms with Crippen LogP contribution in [0.25, 0.3) is 11.0 Å². The zero-order chi connectivity index (χ0) is 22.5. The van der Waals surface area contributed by atoms with E-state index >= 15 is 0 Å². The molecule has 32 heavy (non-hydrogen) atoms. The van der Waals surface area contributed by atoms with E-state index in [1.54, 1.807) is 6.07 Å². The molecule has 0 aliphatic rings. The summed E-state index contributed by atoms with van der Waals surface area (Å²) >= 11 is 6.39. The SMILES string of the molecule is Cc1c(Cc2ccccc2)c(=O)oc2cc(OCC(=O)OCc3ccccc3)c(Cl)cc12. The van der Waals surface area contributed by atoms with E-state index in [9.17, 15) is 9.59 Å². The van der Waals surface area contributed by atoms with Crippen LogP contribution in [0.4, 0.5) is 0 Å². The summed E-state index contributed by atoms with van der Waals surface area (Å²) in [6.45, 7) is 1.72. The monoisotopic (exact) mass is 448 g/mol. The van der Waals surface area contributed by atoms with E-state index in [0.29, 0.717) is 22.6 Å². The molecule has 5 nitrogen and oxygen atoms in total. The number of ether oxygens (including phenoxy) is 2. The quantitative estimate of drug-likeness (QED) is 0.277. The molecule has 0 N–H and O–H groups in total. The first-order valence-electron chi connectivity index (χ1n) is 10.1. The van der Waals surface area contributed by atoms with E-state index in [2.05, 4.69) is 0 Å². The average Bonchev–Trinajstić information content (AvgIpc) is 2.81. The molecule has 4 rings (SSSR count). The fraction of sp³-hybridized carbons (Fsp3) is 0.154. The minimum atomic E-state index is -0.527.